The van der Waals surface area contributed by atoms with Crippen LogP contribution in [0.5, 0.6) is 0 Å². The zero-order valence-corrected chi connectivity index (χ0v) is 9.02. The van der Waals surface area contributed by atoms with Gasteiger partial charge in [0.1, 0.15) is 0 Å². The van der Waals surface area contributed by atoms with Crippen molar-refractivity contribution in [1.29, 1.82) is 0 Å². The zero-order chi connectivity index (χ0) is 9.97. The van der Waals surface area contributed by atoms with Gasteiger partial charge in [0.2, 0.25) is 0 Å². The molecular formula is C11H9NaOS2. The molecule has 15 heavy (non-hydrogen) atoms. The second-order valence-corrected chi connectivity index (χ2v) is 4.27. The Balaban J connectivity index is 0.00000112. The van der Waals surface area contributed by atoms with E-state index in [1.54, 1.807) is 11.3 Å². The van der Waals surface area contributed by atoms with Crippen LogP contribution < -0.4 is 0 Å². The number of hydrogen-bond acceptors (Lipinski definition) is 3. The molecule has 0 unspecified atom stereocenters. The van der Waals surface area contributed by atoms with Gasteiger partial charge in [-0.15, -0.1) is 24.0 Å². The molecule has 1 nitrogen and oxygen atoms in total. The first-order chi connectivity index (χ1) is 6.81. The van der Waals surface area contributed by atoms with Gasteiger partial charge in [0.05, 0.1) is 0 Å². The van der Waals surface area contributed by atoms with Gasteiger partial charge in [-0.3, -0.25) is 4.79 Å². The topological polar surface area (TPSA) is 17.1 Å². The van der Waals surface area contributed by atoms with Crippen molar-refractivity contribution in [1.82, 2.24) is 0 Å². The Labute approximate surface area is 120 Å². The maximum absolute atomic E-state index is 10.5. The van der Waals surface area contributed by atoms with Gasteiger partial charge < -0.3 is 0 Å². The van der Waals surface area contributed by atoms with Crippen LogP contribution in [0.2, 0.25) is 0 Å². The summed E-state index contributed by atoms with van der Waals surface area (Å²) in [6.45, 7) is 0. The summed E-state index contributed by atoms with van der Waals surface area (Å²) in [6.07, 6.45) is 0.862. The molecule has 0 spiro atoms. The molecule has 0 radical (unpaired) electrons. The molecule has 0 saturated carbocycles. The molecule has 0 aliphatic rings. The molecule has 0 fully saturated rings. The first-order valence-electron chi connectivity index (χ1n) is 4.13. The Morgan fingerprint density at radius 2 is 2.00 bits per heavy atom. The molecule has 0 amide bonds. The fourth-order valence-electron chi connectivity index (χ4n) is 1.24. The number of thiophene rings is 1. The molecule has 1 aromatic carbocycles. The SMILES string of the molecule is O=Cc1csc(-c2ccccc2S)c1.[NaH]. The van der Waals surface area contributed by atoms with Crippen LogP contribution in [0.15, 0.2) is 40.6 Å². The first kappa shape index (κ1) is 13.0. The van der Waals surface area contributed by atoms with Crippen LogP contribution in [0.25, 0.3) is 10.4 Å². The van der Waals surface area contributed by atoms with Gasteiger partial charge in [0.25, 0.3) is 0 Å². The Kier molecular flexibility index (Phi) is 5.09. The van der Waals surface area contributed by atoms with Gasteiger partial charge >= 0.3 is 29.6 Å². The number of carbonyl (C=O) groups excluding carboxylic acids is 1. The van der Waals surface area contributed by atoms with E-state index in [0.29, 0.717) is 0 Å². The van der Waals surface area contributed by atoms with Crippen molar-refractivity contribution in [3.63, 3.8) is 0 Å². The van der Waals surface area contributed by atoms with Crippen molar-refractivity contribution in [2.75, 3.05) is 0 Å². The van der Waals surface area contributed by atoms with Crippen molar-refractivity contribution in [2.45, 2.75) is 4.90 Å². The molecule has 2 rings (SSSR count). The molecule has 1 aromatic heterocycles. The quantitative estimate of drug-likeness (QED) is 0.488. The van der Waals surface area contributed by atoms with Crippen LogP contribution in [0.4, 0.5) is 0 Å². The fraction of sp³-hybridized carbons (Fsp3) is 0. The predicted molar refractivity (Wildman–Crippen MR) is 69.5 cm³/mol. The molecule has 1 heterocycles. The van der Waals surface area contributed by atoms with Crippen LogP contribution in [0.1, 0.15) is 10.4 Å². The van der Waals surface area contributed by atoms with Gasteiger partial charge in [-0.05, 0) is 12.1 Å². The standard InChI is InChI=1S/C11H8OS2.Na.H/c12-6-8-5-11(14-7-8)9-3-1-2-4-10(9)13;;/h1-7,13H;;. The van der Waals surface area contributed by atoms with Crippen LogP contribution in [0.3, 0.4) is 0 Å². The van der Waals surface area contributed by atoms with Crippen LogP contribution in [0, 0.1) is 0 Å². The molecular weight excluding hydrogens is 235 g/mol. The number of carbonyl (C=O) groups is 1. The summed E-state index contributed by atoms with van der Waals surface area (Å²) in [5.41, 5.74) is 1.80. The van der Waals surface area contributed by atoms with Crippen molar-refractivity contribution >= 4 is 59.8 Å². The van der Waals surface area contributed by atoms with E-state index in [0.717, 1.165) is 27.2 Å². The predicted octanol–water partition coefficient (Wildman–Crippen LogP) is 2.87. The fourth-order valence-corrected chi connectivity index (χ4v) is 2.49. The number of benzene rings is 1. The molecule has 0 aliphatic carbocycles. The maximum atomic E-state index is 10.5. The Morgan fingerprint density at radius 1 is 1.27 bits per heavy atom. The second-order valence-electron chi connectivity index (χ2n) is 2.88. The third-order valence-corrected chi connectivity index (χ3v) is 3.30. The number of aldehydes is 1. The average molecular weight is 244 g/mol. The van der Waals surface area contributed by atoms with E-state index in [1.807, 2.05) is 35.7 Å². The van der Waals surface area contributed by atoms with Gasteiger partial charge in [-0.1, -0.05) is 18.2 Å². The summed E-state index contributed by atoms with van der Waals surface area (Å²) in [4.78, 5) is 12.5. The molecule has 0 N–H and O–H groups in total. The number of thiol groups is 1. The summed E-state index contributed by atoms with van der Waals surface area (Å²) in [6, 6.07) is 9.74. The third kappa shape index (κ3) is 2.95. The minimum atomic E-state index is 0. The molecule has 4 heteroatoms. The molecule has 72 valence electrons. The minimum absolute atomic E-state index is 0. The van der Waals surface area contributed by atoms with E-state index in [-0.39, 0.29) is 29.6 Å². The summed E-state index contributed by atoms with van der Waals surface area (Å²) >= 11 is 5.93. The van der Waals surface area contributed by atoms with E-state index >= 15 is 0 Å². The zero-order valence-electron chi connectivity index (χ0n) is 7.31. The number of rotatable bonds is 2. The van der Waals surface area contributed by atoms with Gasteiger partial charge in [-0.25, -0.2) is 0 Å². The van der Waals surface area contributed by atoms with Gasteiger partial charge in [0, 0.05) is 26.3 Å². The van der Waals surface area contributed by atoms with Crippen molar-refractivity contribution in [3.05, 3.63) is 41.3 Å². The van der Waals surface area contributed by atoms with Crippen LogP contribution >= 0.6 is 24.0 Å². The summed E-state index contributed by atoms with van der Waals surface area (Å²) in [5, 5.41) is 1.85. The monoisotopic (exact) mass is 244 g/mol. The molecule has 0 bridgehead atoms. The Bertz CT molecular complexity index is 465. The summed E-state index contributed by atoms with van der Waals surface area (Å²) in [7, 11) is 0. The molecule has 0 atom stereocenters. The normalized spacial score (nSPS) is 9.40. The second kappa shape index (κ2) is 5.87. The third-order valence-electron chi connectivity index (χ3n) is 1.93. The number of hydrogen-bond donors (Lipinski definition) is 1. The Hall–Kier alpha value is -0.0600. The molecule has 2 aromatic rings. The molecule has 0 saturated heterocycles. The van der Waals surface area contributed by atoms with E-state index < -0.39 is 0 Å². The van der Waals surface area contributed by atoms with E-state index in [9.17, 15) is 4.79 Å². The van der Waals surface area contributed by atoms with E-state index in [2.05, 4.69) is 12.6 Å². The van der Waals surface area contributed by atoms with Gasteiger partial charge in [0.15, 0.2) is 6.29 Å². The van der Waals surface area contributed by atoms with Crippen molar-refractivity contribution < 1.29 is 4.79 Å². The van der Waals surface area contributed by atoms with Crippen LogP contribution in [-0.4, -0.2) is 35.8 Å². The van der Waals surface area contributed by atoms with E-state index in [4.69, 9.17) is 0 Å². The van der Waals surface area contributed by atoms with Crippen LogP contribution in [-0.2, 0) is 0 Å². The first-order valence-corrected chi connectivity index (χ1v) is 5.46. The Morgan fingerprint density at radius 3 is 2.60 bits per heavy atom. The van der Waals surface area contributed by atoms with E-state index in [1.165, 1.54) is 0 Å². The average Bonchev–Trinajstić information content (AvgIpc) is 2.67. The molecule has 0 aliphatic heterocycles. The van der Waals surface area contributed by atoms with Crippen molar-refractivity contribution in [2.24, 2.45) is 0 Å². The summed E-state index contributed by atoms with van der Waals surface area (Å²) < 4.78 is 0. The summed E-state index contributed by atoms with van der Waals surface area (Å²) in [5.74, 6) is 0. The van der Waals surface area contributed by atoms with Crippen molar-refractivity contribution in [3.8, 4) is 10.4 Å². The van der Waals surface area contributed by atoms with Gasteiger partial charge in [-0.2, -0.15) is 0 Å².